The van der Waals surface area contributed by atoms with E-state index in [2.05, 4.69) is 44.7 Å². The fourth-order valence-corrected chi connectivity index (χ4v) is 1.67. The van der Waals surface area contributed by atoms with Gasteiger partial charge in [0, 0.05) is 19.0 Å². The Balaban J connectivity index is 1.84. The van der Waals surface area contributed by atoms with E-state index in [-0.39, 0.29) is 0 Å². The van der Waals surface area contributed by atoms with Gasteiger partial charge < -0.3 is 5.32 Å². The predicted molar refractivity (Wildman–Crippen MR) is 61.4 cm³/mol. The Kier molecular flexibility index (Phi) is 2.40. The highest BCUT2D eigenvalue weighted by Crippen LogP contribution is 2.17. The maximum Gasteiger partial charge on any atom is 0.203 e. The smallest absolute Gasteiger partial charge is 0.203 e. The summed E-state index contributed by atoms with van der Waals surface area (Å²) in [7, 11) is 0. The molecular formula is C10H15N7. The molecule has 0 amide bonds. The molecule has 0 unspecified atom stereocenters. The molecule has 1 fully saturated rings. The summed E-state index contributed by atoms with van der Waals surface area (Å²) in [6.45, 7) is 6.05. The van der Waals surface area contributed by atoms with Gasteiger partial charge in [-0.25, -0.2) is 9.67 Å². The van der Waals surface area contributed by atoms with E-state index in [9.17, 15) is 0 Å². The van der Waals surface area contributed by atoms with Gasteiger partial charge in [-0.05, 0) is 0 Å². The Morgan fingerprint density at radius 2 is 2.24 bits per heavy atom. The van der Waals surface area contributed by atoms with Crippen molar-refractivity contribution in [3.05, 3.63) is 12.0 Å². The van der Waals surface area contributed by atoms with Crippen LogP contribution in [0.15, 0.2) is 6.20 Å². The normalized spacial score (nSPS) is 16.4. The van der Waals surface area contributed by atoms with Crippen molar-refractivity contribution >= 4 is 0 Å². The molecule has 1 aliphatic heterocycles. The summed E-state index contributed by atoms with van der Waals surface area (Å²) in [6.07, 6.45) is 1.90. The second-order valence-electron chi connectivity index (χ2n) is 4.59. The van der Waals surface area contributed by atoms with Gasteiger partial charge in [-0.15, -0.1) is 5.10 Å². The van der Waals surface area contributed by atoms with Crippen LogP contribution in [-0.4, -0.2) is 43.3 Å². The van der Waals surface area contributed by atoms with E-state index >= 15 is 0 Å². The molecule has 0 radical (unpaired) electrons. The molecule has 0 aromatic carbocycles. The molecule has 0 saturated carbocycles. The van der Waals surface area contributed by atoms with E-state index in [0.29, 0.717) is 17.8 Å². The SMILES string of the molecule is CC(C)c1nc(-c2cn(C3CNC3)nn2)n[nH]1. The third kappa shape index (κ3) is 1.82. The van der Waals surface area contributed by atoms with E-state index in [0.717, 1.165) is 24.6 Å². The van der Waals surface area contributed by atoms with Crippen LogP contribution in [0, 0.1) is 0 Å². The van der Waals surface area contributed by atoms with Gasteiger partial charge in [-0.3, -0.25) is 5.10 Å². The molecule has 3 rings (SSSR count). The molecule has 17 heavy (non-hydrogen) atoms. The third-order valence-corrected chi connectivity index (χ3v) is 2.92. The number of hydrogen-bond donors (Lipinski definition) is 2. The van der Waals surface area contributed by atoms with Crippen LogP contribution in [-0.2, 0) is 0 Å². The summed E-state index contributed by atoms with van der Waals surface area (Å²) in [5.41, 5.74) is 0.722. The van der Waals surface area contributed by atoms with Crippen molar-refractivity contribution in [3.8, 4) is 11.5 Å². The van der Waals surface area contributed by atoms with Crippen LogP contribution in [0.4, 0.5) is 0 Å². The second-order valence-corrected chi connectivity index (χ2v) is 4.59. The summed E-state index contributed by atoms with van der Waals surface area (Å²) in [6, 6.07) is 0.416. The number of aromatic amines is 1. The lowest BCUT2D eigenvalue weighted by molar-refractivity contribution is 0.313. The van der Waals surface area contributed by atoms with Crippen LogP contribution < -0.4 is 5.32 Å². The van der Waals surface area contributed by atoms with Gasteiger partial charge in [0.05, 0.1) is 12.2 Å². The number of hydrogen-bond acceptors (Lipinski definition) is 5. The second kappa shape index (κ2) is 3.92. The quantitative estimate of drug-likeness (QED) is 0.798. The van der Waals surface area contributed by atoms with Gasteiger partial charge in [0.1, 0.15) is 5.82 Å². The van der Waals surface area contributed by atoms with E-state index in [1.165, 1.54) is 0 Å². The zero-order valence-corrected chi connectivity index (χ0v) is 9.88. The number of aromatic nitrogens is 6. The first-order chi connectivity index (χ1) is 8.24. The highest BCUT2D eigenvalue weighted by Gasteiger charge is 2.21. The lowest BCUT2D eigenvalue weighted by Crippen LogP contribution is -2.43. The number of nitrogens with zero attached hydrogens (tertiary/aromatic N) is 5. The topological polar surface area (TPSA) is 84.3 Å². The molecule has 3 heterocycles. The van der Waals surface area contributed by atoms with Crippen molar-refractivity contribution in [2.45, 2.75) is 25.8 Å². The Bertz CT molecular complexity index is 508. The first kappa shape index (κ1) is 10.4. The average molecular weight is 233 g/mol. The zero-order chi connectivity index (χ0) is 11.8. The van der Waals surface area contributed by atoms with E-state index in [1.807, 2.05) is 10.9 Å². The standard InChI is InChI=1S/C10H15N7/c1-6(2)9-12-10(15-14-9)8-5-17(16-13-8)7-3-11-4-7/h5-7,11H,3-4H2,1-2H3,(H,12,14,15). The van der Waals surface area contributed by atoms with E-state index in [4.69, 9.17) is 0 Å². The van der Waals surface area contributed by atoms with Gasteiger partial charge >= 0.3 is 0 Å². The minimum atomic E-state index is 0.335. The minimum Gasteiger partial charge on any atom is -0.312 e. The molecule has 0 atom stereocenters. The first-order valence-electron chi connectivity index (χ1n) is 5.79. The van der Waals surface area contributed by atoms with Crippen LogP contribution in [0.3, 0.4) is 0 Å². The number of H-pyrrole nitrogens is 1. The molecule has 1 saturated heterocycles. The maximum absolute atomic E-state index is 4.40. The largest absolute Gasteiger partial charge is 0.312 e. The van der Waals surface area contributed by atoms with Gasteiger partial charge in [-0.1, -0.05) is 19.1 Å². The van der Waals surface area contributed by atoms with Crippen LogP contribution in [0.2, 0.25) is 0 Å². The Hall–Kier alpha value is -1.76. The Morgan fingerprint density at radius 1 is 1.41 bits per heavy atom. The number of nitrogens with one attached hydrogen (secondary N) is 2. The van der Waals surface area contributed by atoms with Gasteiger partial charge in [0.15, 0.2) is 5.69 Å². The average Bonchev–Trinajstić information content (AvgIpc) is 2.80. The van der Waals surface area contributed by atoms with Crippen molar-refractivity contribution in [2.24, 2.45) is 0 Å². The molecule has 2 N–H and O–H groups in total. The molecule has 0 aliphatic carbocycles. The van der Waals surface area contributed by atoms with Crippen molar-refractivity contribution in [1.29, 1.82) is 0 Å². The van der Waals surface area contributed by atoms with Crippen LogP contribution in [0.1, 0.15) is 31.6 Å². The maximum atomic E-state index is 4.40. The molecule has 7 heteroatoms. The van der Waals surface area contributed by atoms with Crippen molar-refractivity contribution in [3.63, 3.8) is 0 Å². The Morgan fingerprint density at radius 3 is 2.82 bits per heavy atom. The summed E-state index contributed by atoms with van der Waals surface area (Å²) in [4.78, 5) is 4.40. The summed E-state index contributed by atoms with van der Waals surface area (Å²) < 4.78 is 1.87. The lowest BCUT2D eigenvalue weighted by Gasteiger charge is -2.26. The van der Waals surface area contributed by atoms with Crippen molar-refractivity contribution in [1.82, 2.24) is 35.5 Å². The highest BCUT2D eigenvalue weighted by atomic mass is 15.5. The summed E-state index contributed by atoms with van der Waals surface area (Å²) >= 11 is 0. The predicted octanol–water partition coefficient (Wildman–Crippen LogP) is 0.331. The van der Waals surface area contributed by atoms with Gasteiger partial charge in [-0.2, -0.15) is 5.10 Å². The lowest BCUT2D eigenvalue weighted by atomic mass is 10.2. The molecule has 0 bridgehead atoms. The summed E-state index contributed by atoms with van der Waals surface area (Å²) in [5, 5.41) is 18.5. The molecule has 2 aromatic heterocycles. The third-order valence-electron chi connectivity index (χ3n) is 2.92. The molecule has 90 valence electrons. The van der Waals surface area contributed by atoms with E-state index in [1.54, 1.807) is 0 Å². The van der Waals surface area contributed by atoms with Crippen LogP contribution in [0.5, 0.6) is 0 Å². The summed E-state index contributed by atoms with van der Waals surface area (Å²) in [5.74, 6) is 1.83. The fourth-order valence-electron chi connectivity index (χ4n) is 1.67. The van der Waals surface area contributed by atoms with Gasteiger partial charge in [0.2, 0.25) is 5.82 Å². The fraction of sp³-hybridized carbons (Fsp3) is 0.600. The zero-order valence-electron chi connectivity index (χ0n) is 9.88. The first-order valence-corrected chi connectivity index (χ1v) is 5.79. The van der Waals surface area contributed by atoms with Gasteiger partial charge in [0.25, 0.3) is 0 Å². The Labute approximate surface area is 98.6 Å². The molecule has 7 nitrogen and oxygen atoms in total. The molecule has 0 spiro atoms. The van der Waals surface area contributed by atoms with Crippen LogP contribution in [0.25, 0.3) is 11.5 Å². The van der Waals surface area contributed by atoms with Crippen molar-refractivity contribution in [2.75, 3.05) is 13.1 Å². The van der Waals surface area contributed by atoms with E-state index < -0.39 is 0 Å². The van der Waals surface area contributed by atoms with Crippen molar-refractivity contribution < 1.29 is 0 Å². The number of rotatable bonds is 3. The molecule has 1 aliphatic rings. The highest BCUT2D eigenvalue weighted by molar-refractivity contribution is 5.45. The monoisotopic (exact) mass is 233 g/mol. The molecular weight excluding hydrogens is 218 g/mol. The minimum absolute atomic E-state index is 0.335. The van der Waals surface area contributed by atoms with Crippen LogP contribution >= 0.6 is 0 Å². The molecule has 2 aromatic rings.